The quantitative estimate of drug-likeness (QED) is 0.124. The Labute approximate surface area is 239 Å². The SMILES string of the molecule is Cc1cc(OCCCNCCC(N)=O)ccc1Cc1c(OC2OC(CO)[C@@H](O)C(O)[C@H]2O)nn(CCO)c1C(C)C. The van der Waals surface area contributed by atoms with Crippen LogP contribution in [0.4, 0.5) is 0 Å². The second-order valence-corrected chi connectivity index (χ2v) is 10.5. The number of amides is 1. The molecule has 1 aromatic heterocycles. The minimum Gasteiger partial charge on any atom is -0.494 e. The van der Waals surface area contributed by atoms with Crippen LogP contribution in [0.5, 0.6) is 11.6 Å². The van der Waals surface area contributed by atoms with E-state index in [2.05, 4.69) is 10.4 Å². The second kappa shape index (κ2) is 15.4. The molecule has 0 spiro atoms. The Bertz CT molecular complexity index is 1120. The van der Waals surface area contributed by atoms with Gasteiger partial charge in [0.05, 0.1) is 26.4 Å². The summed E-state index contributed by atoms with van der Waals surface area (Å²) in [5, 5.41) is 57.8. The smallest absolute Gasteiger partial charge is 0.239 e. The van der Waals surface area contributed by atoms with Gasteiger partial charge in [0.15, 0.2) is 0 Å². The number of benzene rings is 1. The molecule has 8 N–H and O–H groups in total. The molecule has 1 amide bonds. The van der Waals surface area contributed by atoms with Gasteiger partial charge in [-0.25, -0.2) is 0 Å². The number of rotatable bonds is 16. The number of aromatic nitrogens is 2. The molecule has 3 unspecified atom stereocenters. The molecule has 13 nitrogen and oxygen atoms in total. The molecule has 0 saturated carbocycles. The maximum atomic E-state index is 10.8. The highest BCUT2D eigenvalue weighted by Crippen LogP contribution is 2.34. The van der Waals surface area contributed by atoms with Gasteiger partial charge in [0, 0.05) is 30.6 Å². The number of aliphatic hydroxyl groups is 5. The predicted molar refractivity (Wildman–Crippen MR) is 149 cm³/mol. The second-order valence-electron chi connectivity index (χ2n) is 10.5. The number of ether oxygens (including phenoxy) is 3. The topological polar surface area (TPSA) is 202 Å². The van der Waals surface area contributed by atoms with Gasteiger partial charge in [-0.2, -0.15) is 0 Å². The molecule has 3 rings (SSSR count). The zero-order chi connectivity index (χ0) is 30.1. The summed E-state index contributed by atoms with van der Waals surface area (Å²) in [4.78, 5) is 10.8. The van der Waals surface area contributed by atoms with Gasteiger partial charge in [0.25, 0.3) is 0 Å². The summed E-state index contributed by atoms with van der Waals surface area (Å²) in [5.41, 5.74) is 8.65. The molecule has 230 valence electrons. The molecule has 0 bridgehead atoms. The van der Waals surface area contributed by atoms with Crippen molar-refractivity contribution in [1.29, 1.82) is 0 Å². The van der Waals surface area contributed by atoms with Crippen molar-refractivity contribution in [2.75, 3.05) is 32.9 Å². The van der Waals surface area contributed by atoms with Gasteiger partial charge in [-0.1, -0.05) is 19.9 Å². The molecule has 2 aromatic rings. The highest BCUT2D eigenvalue weighted by atomic mass is 16.7. The summed E-state index contributed by atoms with van der Waals surface area (Å²) in [7, 11) is 0. The van der Waals surface area contributed by atoms with E-state index in [1.807, 2.05) is 39.0 Å². The van der Waals surface area contributed by atoms with Gasteiger partial charge in [0.1, 0.15) is 30.2 Å². The van der Waals surface area contributed by atoms with Crippen LogP contribution in [0.25, 0.3) is 0 Å². The monoisotopic (exact) mass is 580 g/mol. The first-order valence-corrected chi connectivity index (χ1v) is 14.0. The summed E-state index contributed by atoms with van der Waals surface area (Å²) >= 11 is 0. The van der Waals surface area contributed by atoms with Crippen LogP contribution < -0.4 is 20.5 Å². The molecular formula is C28H44N4O9. The van der Waals surface area contributed by atoms with Crippen LogP contribution in [0.2, 0.25) is 0 Å². The van der Waals surface area contributed by atoms with Crippen LogP contribution in [0.15, 0.2) is 18.2 Å². The van der Waals surface area contributed by atoms with Crippen molar-refractivity contribution < 1.29 is 44.5 Å². The molecular weight excluding hydrogens is 536 g/mol. The maximum absolute atomic E-state index is 10.8. The number of nitrogens with zero attached hydrogens (tertiary/aromatic N) is 2. The van der Waals surface area contributed by atoms with E-state index < -0.39 is 37.3 Å². The molecule has 5 atom stereocenters. The van der Waals surface area contributed by atoms with Crippen molar-refractivity contribution in [3.63, 3.8) is 0 Å². The third-order valence-corrected chi connectivity index (χ3v) is 6.99. The Morgan fingerprint density at radius 1 is 1.17 bits per heavy atom. The summed E-state index contributed by atoms with van der Waals surface area (Å²) in [6.45, 7) is 7.22. The maximum Gasteiger partial charge on any atom is 0.239 e. The van der Waals surface area contributed by atoms with Gasteiger partial charge < -0.3 is 50.8 Å². The van der Waals surface area contributed by atoms with E-state index in [1.165, 1.54) is 0 Å². The molecule has 0 radical (unpaired) electrons. The number of aliphatic hydroxyl groups excluding tert-OH is 5. The molecule has 0 aliphatic carbocycles. The standard InChI is InChI=1S/C28H44N4O9/c1-16(2)23-20(14-18-5-6-19(13-17(18)3)39-12-4-8-30-9-7-22(29)35)27(31-32(23)10-11-33)41-28-26(38)25(37)24(36)21(15-34)40-28/h5-6,13,16,21,24-26,28,30,33-34,36-38H,4,7-12,14-15H2,1-3H3,(H2,29,35)/t21?,24-,25?,26-,28?/m1/s1. The fourth-order valence-corrected chi connectivity index (χ4v) is 4.81. The van der Waals surface area contributed by atoms with Crippen LogP contribution in [0.1, 0.15) is 55.0 Å². The molecule has 1 aliphatic rings. The molecule has 41 heavy (non-hydrogen) atoms. The largest absolute Gasteiger partial charge is 0.494 e. The fourth-order valence-electron chi connectivity index (χ4n) is 4.81. The molecule has 1 fully saturated rings. The van der Waals surface area contributed by atoms with Gasteiger partial charge in [-0.05, 0) is 49.1 Å². The van der Waals surface area contributed by atoms with Crippen molar-refractivity contribution >= 4 is 5.91 Å². The summed E-state index contributed by atoms with van der Waals surface area (Å²) in [6.07, 6.45) is -5.69. The minimum absolute atomic E-state index is 0.00990. The molecule has 1 saturated heterocycles. The number of aryl methyl sites for hydroxylation is 1. The van der Waals surface area contributed by atoms with Crippen molar-refractivity contribution in [2.24, 2.45) is 5.73 Å². The Morgan fingerprint density at radius 3 is 2.56 bits per heavy atom. The van der Waals surface area contributed by atoms with Crippen LogP contribution in [-0.2, 0) is 22.5 Å². The molecule has 1 aromatic carbocycles. The van der Waals surface area contributed by atoms with E-state index in [0.717, 1.165) is 34.6 Å². The number of nitrogens with one attached hydrogen (secondary N) is 1. The van der Waals surface area contributed by atoms with E-state index >= 15 is 0 Å². The van der Waals surface area contributed by atoms with E-state index in [4.69, 9.17) is 19.9 Å². The third-order valence-electron chi connectivity index (χ3n) is 6.99. The highest BCUT2D eigenvalue weighted by Gasteiger charge is 2.45. The molecule has 13 heteroatoms. The summed E-state index contributed by atoms with van der Waals surface area (Å²) in [5.74, 6) is 0.560. The van der Waals surface area contributed by atoms with E-state index in [1.54, 1.807) is 4.68 Å². The summed E-state index contributed by atoms with van der Waals surface area (Å²) < 4.78 is 19.1. The van der Waals surface area contributed by atoms with Gasteiger partial charge in [-0.15, -0.1) is 5.10 Å². The van der Waals surface area contributed by atoms with Crippen LogP contribution in [0, 0.1) is 6.92 Å². The number of carbonyl (C=O) groups is 1. The van der Waals surface area contributed by atoms with E-state index in [9.17, 15) is 30.3 Å². The number of primary amides is 1. The lowest BCUT2D eigenvalue weighted by molar-refractivity contribution is -0.278. The van der Waals surface area contributed by atoms with Crippen LogP contribution in [-0.4, -0.2) is 105 Å². The molecule has 1 aliphatic heterocycles. The van der Waals surface area contributed by atoms with E-state index in [0.29, 0.717) is 32.5 Å². The minimum atomic E-state index is -1.58. The van der Waals surface area contributed by atoms with Crippen LogP contribution >= 0.6 is 0 Å². The van der Waals surface area contributed by atoms with Crippen molar-refractivity contribution in [3.05, 3.63) is 40.6 Å². The van der Waals surface area contributed by atoms with E-state index in [-0.39, 0.29) is 30.9 Å². The van der Waals surface area contributed by atoms with Crippen LogP contribution in [0.3, 0.4) is 0 Å². The first-order chi connectivity index (χ1) is 19.6. The normalized spacial score (nSPS) is 22.7. The zero-order valence-electron chi connectivity index (χ0n) is 23.9. The Balaban J connectivity index is 1.77. The lowest BCUT2D eigenvalue weighted by Gasteiger charge is -2.39. The first kappa shape index (κ1) is 32.7. The lowest BCUT2D eigenvalue weighted by Crippen LogP contribution is -2.60. The zero-order valence-corrected chi connectivity index (χ0v) is 23.9. The number of carbonyl (C=O) groups excluding carboxylic acids is 1. The molecule has 2 heterocycles. The Hall–Kier alpha value is -2.78. The van der Waals surface area contributed by atoms with Crippen molar-refractivity contribution in [2.45, 2.75) is 83.2 Å². The fraction of sp³-hybridized carbons (Fsp3) is 0.643. The van der Waals surface area contributed by atoms with Gasteiger partial charge in [0.2, 0.25) is 18.1 Å². The van der Waals surface area contributed by atoms with Crippen molar-refractivity contribution in [1.82, 2.24) is 15.1 Å². The summed E-state index contributed by atoms with van der Waals surface area (Å²) in [6, 6.07) is 5.79. The van der Waals surface area contributed by atoms with Gasteiger partial charge in [-0.3, -0.25) is 9.48 Å². The number of hydrogen-bond donors (Lipinski definition) is 7. The predicted octanol–water partition coefficient (Wildman–Crippen LogP) is -0.689. The number of hydrogen-bond acceptors (Lipinski definition) is 11. The average Bonchev–Trinajstić information content (AvgIpc) is 3.26. The van der Waals surface area contributed by atoms with Gasteiger partial charge >= 0.3 is 0 Å². The van der Waals surface area contributed by atoms with Crippen molar-refractivity contribution in [3.8, 4) is 11.6 Å². The first-order valence-electron chi connectivity index (χ1n) is 14.0. The number of nitrogens with two attached hydrogens (primary N) is 1. The average molecular weight is 581 g/mol. The Morgan fingerprint density at radius 2 is 1.93 bits per heavy atom. The third kappa shape index (κ3) is 8.61. The highest BCUT2D eigenvalue weighted by molar-refractivity contribution is 5.73. The Kier molecular flexibility index (Phi) is 12.3. The lowest BCUT2D eigenvalue weighted by atomic mass is 9.96.